The lowest BCUT2D eigenvalue weighted by atomic mass is 10.1. The van der Waals surface area contributed by atoms with E-state index in [1.54, 1.807) is 0 Å². The van der Waals surface area contributed by atoms with E-state index in [-0.39, 0.29) is 0 Å². The third-order valence-electron chi connectivity index (χ3n) is 5.22. The van der Waals surface area contributed by atoms with Gasteiger partial charge in [0.1, 0.15) is 5.82 Å². The van der Waals surface area contributed by atoms with Gasteiger partial charge in [-0.15, -0.1) is 0 Å². The van der Waals surface area contributed by atoms with Gasteiger partial charge in [-0.2, -0.15) is 0 Å². The largest absolute Gasteiger partial charge is 0.369 e. The molecular formula is C20H30N4. The van der Waals surface area contributed by atoms with Crippen molar-refractivity contribution in [2.45, 2.75) is 46.7 Å². The van der Waals surface area contributed by atoms with Crippen LogP contribution in [0.5, 0.6) is 0 Å². The lowest BCUT2D eigenvalue weighted by molar-refractivity contribution is 0.179. The second-order valence-electron chi connectivity index (χ2n) is 7.01. The standard InChI is InChI=1S/C20H30N4/c1-5-20-21-8-9-24(20)15-18(4)22-10-12-23(13-11-22)19-14-16(2)6-7-17(19)3/h6-9,14,18H,5,10-13,15H2,1-4H3. The molecule has 3 rings (SSSR count). The number of imidazole rings is 1. The Morgan fingerprint density at radius 2 is 1.88 bits per heavy atom. The molecule has 1 atom stereocenters. The van der Waals surface area contributed by atoms with E-state index in [1.807, 2.05) is 6.20 Å². The molecule has 1 aliphatic rings. The highest BCUT2D eigenvalue weighted by molar-refractivity contribution is 5.55. The van der Waals surface area contributed by atoms with Gasteiger partial charge in [0, 0.05) is 63.3 Å². The molecule has 2 heterocycles. The molecule has 4 nitrogen and oxygen atoms in total. The summed E-state index contributed by atoms with van der Waals surface area (Å²) in [7, 11) is 0. The van der Waals surface area contributed by atoms with Crippen LogP contribution in [0.1, 0.15) is 30.8 Å². The maximum absolute atomic E-state index is 4.44. The number of piperazine rings is 1. The average molecular weight is 326 g/mol. The molecule has 1 aromatic heterocycles. The number of hydrogen-bond donors (Lipinski definition) is 0. The third-order valence-corrected chi connectivity index (χ3v) is 5.22. The zero-order valence-corrected chi connectivity index (χ0v) is 15.5. The molecule has 0 amide bonds. The van der Waals surface area contributed by atoms with E-state index < -0.39 is 0 Å². The van der Waals surface area contributed by atoms with Crippen molar-refractivity contribution in [1.29, 1.82) is 0 Å². The number of nitrogens with zero attached hydrogens (tertiary/aromatic N) is 4. The summed E-state index contributed by atoms with van der Waals surface area (Å²) in [6, 6.07) is 7.32. The van der Waals surface area contributed by atoms with Crippen molar-refractivity contribution >= 4 is 5.69 Å². The minimum absolute atomic E-state index is 0.547. The summed E-state index contributed by atoms with van der Waals surface area (Å²) in [6.07, 6.45) is 5.03. The highest BCUT2D eigenvalue weighted by Gasteiger charge is 2.22. The summed E-state index contributed by atoms with van der Waals surface area (Å²) in [5.41, 5.74) is 4.14. The van der Waals surface area contributed by atoms with Crippen LogP contribution in [-0.2, 0) is 13.0 Å². The molecule has 0 bridgehead atoms. The third kappa shape index (κ3) is 3.64. The van der Waals surface area contributed by atoms with Crippen molar-refractivity contribution in [3.63, 3.8) is 0 Å². The Bertz CT molecular complexity index is 668. The molecule has 0 N–H and O–H groups in total. The van der Waals surface area contributed by atoms with Crippen LogP contribution in [0, 0.1) is 13.8 Å². The first-order valence-corrected chi connectivity index (χ1v) is 9.14. The normalized spacial score (nSPS) is 17.2. The van der Waals surface area contributed by atoms with Crippen molar-refractivity contribution in [3.05, 3.63) is 47.5 Å². The Labute approximate surface area is 146 Å². The molecule has 1 unspecified atom stereocenters. The van der Waals surface area contributed by atoms with Crippen LogP contribution in [0.3, 0.4) is 0 Å². The Hall–Kier alpha value is -1.81. The van der Waals surface area contributed by atoms with Gasteiger partial charge < -0.3 is 9.47 Å². The van der Waals surface area contributed by atoms with E-state index in [4.69, 9.17) is 0 Å². The van der Waals surface area contributed by atoms with Crippen LogP contribution in [0.2, 0.25) is 0 Å². The van der Waals surface area contributed by atoms with Gasteiger partial charge >= 0.3 is 0 Å². The molecule has 0 saturated carbocycles. The van der Waals surface area contributed by atoms with E-state index in [2.05, 4.69) is 71.4 Å². The first kappa shape index (κ1) is 17.0. The fraction of sp³-hybridized carbons (Fsp3) is 0.550. The summed E-state index contributed by atoms with van der Waals surface area (Å²) in [6.45, 7) is 14.4. The summed E-state index contributed by atoms with van der Waals surface area (Å²) in [4.78, 5) is 9.59. The van der Waals surface area contributed by atoms with Crippen LogP contribution in [0.15, 0.2) is 30.6 Å². The summed E-state index contributed by atoms with van der Waals surface area (Å²) in [5, 5.41) is 0. The van der Waals surface area contributed by atoms with Crippen molar-refractivity contribution in [2.24, 2.45) is 0 Å². The van der Waals surface area contributed by atoms with Gasteiger partial charge in [-0.05, 0) is 38.0 Å². The Balaban J connectivity index is 1.59. The number of anilines is 1. The lowest BCUT2D eigenvalue weighted by Crippen LogP contribution is -2.50. The molecule has 0 radical (unpaired) electrons. The summed E-state index contributed by atoms with van der Waals surface area (Å²) >= 11 is 0. The number of rotatable bonds is 5. The number of aromatic nitrogens is 2. The van der Waals surface area contributed by atoms with E-state index >= 15 is 0 Å². The second kappa shape index (κ2) is 7.39. The monoisotopic (exact) mass is 326 g/mol. The van der Waals surface area contributed by atoms with Crippen molar-refractivity contribution in [1.82, 2.24) is 14.5 Å². The molecule has 4 heteroatoms. The molecular weight excluding hydrogens is 296 g/mol. The predicted octanol–water partition coefficient (Wildman–Crippen LogP) is 3.27. The number of hydrogen-bond acceptors (Lipinski definition) is 3. The van der Waals surface area contributed by atoms with Gasteiger partial charge in [0.25, 0.3) is 0 Å². The number of aryl methyl sites for hydroxylation is 3. The molecule has 130 valence electrons. The quantitative estimate of drug-likeness (QED) is 0.843. The molecule has 24 heavy (non-hydrogen) atoms. The Morgan fingerprint density at radius 1 is 1.12 bits per heavy atom. The summed E-state index contributed by atoms with van der Waals surface area (Å²) in [5.74, 6) is 1.19. The fourth-order valence-electron chi connectivity index (χ4n) is 3.68. The molecule has 1 saturated heterocycles. The van der Waals surface area contributed by atoms with Crippen molar-refractivity contribution < 1.29 is 0 Å². The van der Waals surface area contributed by atoms with Gasteiger partial charge in [0.2, 0.25) is 0 Å². The maximum atomic E-state index is 4.44. The predicted molar refractivity (Wildman–Crippen MR) is 101 cm³/mol. The van der Waals surface area contributed by atoms with Crippen LogP contribution < -0.4 is 4.90 Å². The Kier molecular flexibility index (Phi) is 5.24. The van der Waals surface area contributed by atoms with Gasteiger partial charge in [-0.1, -0.05) is 19.1 Å². The van der Waals surface area contributed by atoms with Gasteiger partial charge in [0.05, 0.1) is 0 Å². The minimum Gasteiger partial charge on any atom is -0.369 e. The smallest absolute Gasteiger partial charge is 0.108 e. The molecule has 0 aliphatic carbocycles. The van der Waals surface area contributed by atoms with Crippen LogP contribution in [-0.4, -0.2) is 46.7 Å². The molecule has 2 aromatic rings. The van der Waals surface area contributed by atoms with E-state index in [0.29, 0.717) is 6.04 Å². The highest BCUT2D eigenvalue weighted by atomic mass is 15.3. The van der Waals surface area contributed by atoms with E-state index in [1.165, 1.54) is 22.6 Å². The van der Waals surface area contributed by atoms with Crippen LogP contribution in [0.25, 0.3) is 0 Å². The zero-order valence-electron chi connectivity index (χ0n) is 15.5. The van der Waals surface area contributed by atoms with Crippen LogP contribution in [0.4, 0.5) is 5.69 Å². The maximum Gasteiger partial charge on any atom is 0.108 e. The van der Waals surface area contributed by atoms with E-state index in [0.717, 1.165) is 39.1 Å². The Morgan fingerprint density at radius 3 is 2.58 bits per heavy atom. The van der Waals surface area contributed by atoms with Gasteiger partial charge in [-0.25, -0.2) is 4.98 Å². The van der Waals surface area contributed by atoms with Gasteiger partial charge in [0.15, 0.2) is 0 Å². The number of benzene rings is 1. The van der Waals surface area contributed by atoms with Crippen LogP contribution >= 0.6 is 0 Å². The fourth-order valence-corrected chi connectivity index (χ4v) is 3.68. The van der Waals surface area contributed by atoms with E-state index in [9.17, 15) is 0 Å². The molecule has 1 aromatic carbocycles. The summed E-state index contributed by atoms with van der Waals surface area (Å²) < 4.78 is 2.31. The second-order valence-corrected chi connectivity index (χ2v) is 7.01. The minimum atomic E-state index is 0.547. The van der Waals surface area contributed by atoms with Gasteiger partial charge in [-0.3, -0.25) is 4.90 Å². The zero-order chi connectivity index (χ0) is 17.1. The average Bonchev–Trinajstić information content (AvgIpc) is 3.04. The lowest BCUT2D eigenvalue weighted by Gasteiger charge is -2.40. The first-order chi connectivity index (χ1) is 11.6. The first-order valence-electron chi connectivity index (χ1n) is 9.14. The topological polar surface area (TPSA) is 24.3 Å². The van der Waals surface area contributed by atoms with Crippen molar-refractivity contribution in [2.75, 3.05) is 31.1 Å². The SMILES string of the molecule is CCc1nccn1CC(C)N1CCN(c2cc(C)ccc2C)CC1. The molecule has 1 aliphatic heterocycles. The van der Waals surface area contributed by atoms with Crippen molar-refractivity contribution in [3.8, 4) is 0 Å². The highest BCUT2D eigenvalue weighted by Crippen LogP contribution is 2.23. The molecule has 1 fully saturated rings. The molecule has 0 spiro atoms.